The number of nitrogens with one attached hydrogen (secondary N) is 1. The van der Waals surface area contributed by atoms with Gasteiger partial charge in [-0.2, -0.15) is 9.93 Å². The van der Waals surface area contributed by atoms with Crippen LogP contribution in [0.5, 0.6) is 0 Å². The van der Waals surface area contributed by atoms with Gasteiger partial charge in [-0.05, 0) is 36.3 Å². The smallest absolute Gasteiger partial charge is 0.221 e. The highest BCUT2D eigenvalue weighted by atomic mass is 19.2. The van der Waals surface area contributed by atoms with Gasteiger partial charge < -0.3 is 14.6 Å². The van der Waals surface area contributed by atoms with E-state index in [1.54, 1.807) is 24.3 Å². The number of halogens is 4. The van der Waals surface area contributed by atoms with Crippen LogP contribution in [0.3, 0.4) is 0 Å². The minimum atomic E-state index is -1.67. The minimum absolute atomic E-state index is 0.140. The Morgan fingerprint density at radius 3 is 2.79 bits per heavy atom. The zero-order valence-electron chi connectivity index (χ0n) is 15.5. The van der Waals surface area contributed by atoms with Gasteiger partial charge in [0, 0.05) is 12.5 Å². The lowest BCUT2D eigenvalue weighted by atomic mass is 10.0. The van der Waals surface area contributed by atoms with Crippen LogP contribution in [0, 0.1) is 0 Å². The molecule has 0 amide bonds. The van der Waals surface area contributed by atoms with Gasteiger partial charge in [-0.25, -0.2) is 8.78 Å². The standard InChI is InChI=1S/C21H19F4NO3/c1-28-16-7-4-8-17(10-9-16)29-13-19(22)20(23)18(21(24)26-25)12-14-5-2-3-6-15(27)11-14/h3-8,10-11,26-27H,2,12-13H2,1H3/b20-19-,21-18-. The third kappa shape index (κ3) is 6.62. The van der Waals surface area contributed by atoms with E-state index < -0.39 is 36.2 Å². The van der Waals surface area contributed by atoms with Gasteiger partial charge in [-0.3, -0.25) is 0 Å². The van der Waals surface area contributed by atoms with Gasteiger partial charge >= 0.3 is 0 Å². The number of hydrogen-bond acceptors (Lipinski definition) is 4. The molecule has 2 N–H and O–H groups in total. The van der Waals surface area contributed by atoms with Crippen LogP contribution in [-0.4, -0.2) is 18.8 Å². The molecule has 2 aliphatic carbocycles. The molecule has 8 heteroatoms. The summed E-state index contributed by atoms with van der Waals surface area (Å²) >= 11 is 0. The van der Waals surface area contributed by atoms with E-state index in [2.05, 4.69) is 5.73 Å². The largest absolute Gasteiger partial charge is 0.508 e. The maximum absolute atomic E-state index is 14.5. The zero-order chi connectivity index (χ0) is 21.2. The van der Waals surface area contributed by atoms with Crippen molar-refractivity contribution in [3.8, 4) is 0 Å². The number of aliphatic hydroxyl groups is 1. The van der Waals surface area contributed by atoms with Crippen LogP contribution in [0.25, 0.3) is 0 Å². The number of methoxy groups -OCH3 is 1. The molecule has 29 heavy (non-hydrogen) atoms. The number of aliphatic hydroxyl groups excluding tert-OH is 1. The summed E-state index contributed by atoms with van der Waals surface area (Å²) in [4.78, 5) is 0. The number of allylic oxidation sites excluding steroid dienone is 10. The highest BCUT2D eigenvalue weighted by Crippen LogP contribution is 2.29. The van der Waals surface area contributed by atoms with Crippen molar-refractivity contribution >= 4 is 0 Å². The van der Waals surface area contributed by atoms with Gasteiger partial charge in [-0.1, -0.05) is 24.0 Å². The molecule has 0 spiro atoms. The predicted molar refractivity (Wildman–Crippen MR) is 101 cm³/mol. The number of ether oxygens (including phenoxy) is 2. The van der Waals surface area contributed by atoms with E-state index in [0.717, 1.165) is 0 Å². The Labute approximate surface area is 165 Å². The first-order chi connectivity index (χ1) is 13.9. The summed E-state index contributed by atoms with van der Waals surface area (Å²) in [5.74, 6) is -4.27. The SMILES string of the molecule is COC1=C=CC(OC/C(F)=C(F)\C(CC2=CCC=CC(O)=C2)=C(\F)NF)=CC=C1. The van der Waals surface area contributed by atoms with Gasteiger partial charge in [0.15, 0.2) is 17.4 Å². The van der Waals surface area contributed by atoms with Gasteiger partial charge in [0.25, 0.3) is 0 Å². The second-order valence-electron chi connectivity index (χ2n) is 5.84. The molecule has 0 bridgehead atoms. The van der Waals surface area contributed by atoms with Crippen LogP contribution >= 0.6 is 0 Å². The highest BCUT2D eigenvalue weighted by Gasteiger charge is 2.20. The zero-order valence-corrected chi connectivity index (χ0v) is 15.5. The van der Waals surface area contributed by atoms with E-state index >= 15 is 0 Å². The lowest BCUT2D eigenvalue weighted by molar-refractivity contribution is 0.226. The molecule has 154 valence electrons. The average Bonchev–Trinajstić information content (AvgIpc) is 3.08. The van der Waals surface area contributed by atoms with E-state index in [0.29, 0.717) is 17.7 Å². The molecule has 0 aromatic carbocycles. The Morgan fingerprint density at radius 2 is 2.07 bits per heavy atom. The van der Waals surface area contributed by atoms with Gasteiger partial charge in [0.2, 0.25) is 5.95 Å². The predicted octanol–water partition coefficient (Wildman–Crippen LogP) is 5.67. The summed E-state index contributed by atoms with van der Waals surface area (Å²) in [6.07, 6.45) is 11.7. The van der Waals surface area contributed by atoms with Crippen LogP contribution in [0.15, 0.2) is 100 Å². The maximum Gasteiger partial charge on any atom is 0.221 e. The first kappa shape index (κ1) is 21.9. The van der Waals surface area contributed by atoms with Crippen molar-refractivity contribution < 1.29 is 32.2 Å². The van der Waals surface area contributed by atoms with E-state index in [9.17, 15) is 22.8 Å². The molecule has 0 atom stereocenters. The third-order valence-electron chi connectivity index (χ3n) is 3.82. The fraction of sp³-hybridized carbons (Fsp3) is 0.190. The summed E-state index contributed by atoms with van der Waals surface area (Å²) in [5, 5.41) is 9.61. The van der Waals surface area contributed by atoms with Crippen molar-refractivity contribution in [1.29, 1.82) is 0 Å². The molecular weight excluding hydrogens is 390 g/mol. The fourth-order valence-corrected chi connectivity index (χ4v) is 2.40. The molecule has 0 aromatic heterocycles. The highest BCUT2D eigenvalue weighted by molar-refractivity contribution is 5.39. The van der Waals surface area contributed by atoms with Crippen molar-refractivity contribution in [1.82, 2.24) is 5.54 Å². The first-order valence-electron chi connectivity index (χ1n) is 8.52. The van der Waals surface area contributed by atoms with Crippen molar-refractivity contribution in [2.45, 2.75) is 12.8 Å². The molecule has 2 aliphatic rings. The minimum Gasteiger partial charge on any atom is -0.508 e. The van der Waals surface area contributed by atoms with E-state index in [4.69, 9.17) is 9.47 Å². The molecule has 0 fully saturated rings. The summed E-state index contributed by atoms with van der Waals surface area (Å²) in [7, 11) is 1.44. The monoisotopic (exact) mass is 409 g/mol. The van der Waals surface area contributed by atoms with Gasteiger partial charge in [0.1, 0.15) is 18.1 Å². The van der Waals surface area contributed by atoms with Crippen LogP contribution in [0.4, 0.5) is 17.7 Å². The lowest BCUT2D eigenvalue weighted by Crippen LogP contribution is -2.05. The third-order valence-corrected chi connectivity index (χ3v) is 3.82. The average molecular weight is 409 g/mol. The molecule has 0 radical (unpaired) electrons. The van der Waals surface area contributed by atoms with Crippen molar-refractivity contribution in [3.63, 3.8) is 0 Å². The second-order valence-corrected chi connectivity index (χ2v) is 5.84. The van der Waals surface area contributed by atoms with Crippen LogP contribution in [0.2, 0.25) is 0 Å². The van der Waals surface area contributed by atoms with E-state index in [1.807, 2.05) is 0 Å². The topological polar surface area (TPSA) is 50.7 Å². The van der Waals surface area contributed by atoms with Crippen molar-refractivity contribution in [2.75, 3.05) is 13.7 Å². The van der Waals surface area contributed by atoms with Crippen LogP contribution in [-0.2, 0) is 9.47 Å². The summed E-state index contributed by atoms with van der Waals surface area (Å²) in [6.45, 7) is -0.850. The van der Waals surface area contributed by atoms with Crippen LogP contribution < -0.4 is 5.54 Å². The first-order valence-corrected chi connectivity index (χ1v) is 8.52. The summed E-state index contributed by atoms with van der Waals surface area (Å²) in [5.41, 5.74) is 2.84. The number of rotatable bonds is 8. The van der Waals surface area contributed by atoms with Crippen LogP contribution in [0.1, 0.15) is 12.8 Å². The van der Waals surface area contributed by atoms with E-state index in [-0.39, 0.29) is 17.1 Å². The quantitative estimate of drug-likeness (QED) is 0.178. The molecular formula is C21H19F4NO3. The Balaban J connectivity index is 2.19. The normalized spacial score (nSPS) is 17.7. The molecule has 0 aromatic rings. The van der Waals surface area contributed by atoms with E-state index in [1.165, 1.54) is 31.4 Å². The van der Waals surface area contributed by atoms with Crippen molar-refractivity contribution in [2.24, 2.45) is 0 Å². The Hall–Kier alpha value is -3.38. The molecule has 0 heterocycles. The van der Waals surface area contributed by atoms with Gasteiger partial charge in [0.05, 0.1) is 12.7 Å². The Morgan fingerprint density at radius 1 is 1.28 bits per heavy atom. The molecule has 0 aliphatic heterocycles. The number of hydrogen-bond donors (Lipinski definition) is 2. The maximum atomic E-state index is 14.5. The molecule has 0 unspecified atom stereocenters. The van der Waals surface area contributed by atoms with Crippen molar-refractivity contribution in [3.05, 3.63) is 100 Å². The van der Waals surface area contributed by atoms with Gasteiger partial charge in [-0.15, -0.1) is 4.48 Å². The summed E-state index contributed by atoms with van der Waals surface area (Å²) < 4.78 is 65.3. The molecule has 0 saturated heterocycles. The lowest BCUT2D eigenvalue weighted by Gasteiger charge is -2.10. The Bertz CT molecular complexity index is 914. The second kappa shape index (κ2) is 10.8. The Kier molecular flexibility index (Phi) is 8.18. The fourth-order valence-electron chi connectivity index (χ4n) is 2.40. The molecule has 4 nitrogen and oxygen atoms in total. The molecule has 0 saturated carbocycles. The molecule has 2 rings (SSSR count). The summed E-state index contributed by atoms with van der Waals surface area (Å²) in [6, 6.07) is 0.